The molecule has 1 aromatic heterocycles. The Morgan fingerprint density at radius 1 is 1.50 bits per heavy atom. The summed E-state index contributed by atoms with van der Waals surface area (Å²) in [5.41, 5.74) is 0.372. The molecular formula is C12H16ClN3OS. The zero-order valence-electron chi connectivity index (χ0n) is 10.1. The van der Waals surface area contributed by atoms with Gasteiger partial charge in [-0.15, -0.1) is 0 Å². The molecule has 1 saturated heterocycles. The second-order valence-electron chi connectivity index (χ2n) is 4.07. The van der Waals surface area contributed by atoms with Gasteiger partial charge in [0.15, 0.2) is 0 Å². The Hall–Kier alpha value is -0.780. The van der Waals surface area contributed by atoms with E-state index in [1.54, 1.807) is 18.3 Å². The number of rotatable bonds is 4. The lowest BCUT2D eigenvalue weighted by Gasteiger charge is -2.25. The van der Waals surface area contributed by atoms with Crippen LogP contribution in [-0.4, -0.2) is 53.5 Å². The molecule has 0 aliphatic carbocycles. The predicted molar refractivity (Wildman–Crippen MR) is 75.3 cm³/mol. The fraction of sp³-hybridized carbons (Fsp3) is 0.500. The Morgan fingerprint density at radius 3 is 3.00 bits per heavy atom. The minimum Gasteiger partial charge on any atom is -0.349 e. The molecule has 0 aromatic carbocycles. The normalized spacial score (nSPS) is 16.5. The quantitative estimate of drug-likeness (QED) is 0.911. The Balaban J connectivity index is 1.74. The van der Waals surface area contributed by atoms with Crippen molar-refractivity contribution < 1.29 is 4.79 Å². The van der Waals surface area contributed by atoms with E-state index in [0.717, 1.165) is 19.6 Å². The molecule has 0 spiro atoms. The van der Waals surface area contributed by atoms with Gasteiger partial charge in [0.1, 0.15) is 5.69 Å². The first-order valence-electron chi connectivity index (χ1n) is 5.95. The van der Waals surface area contributed by atoms with Gasteiger partial charge in [0, 0.05) is 48.9 Å². The van der Waals surface area contributed by atoms with Gasteiger partial charge in [-0.3, -0.25) is 14.7 Å². The van der Waals surface area contributed by atoms with Gasteiger partial charge in [0.2, 0.25) is 0 Å². The molecule has 2 heterocycles. The molecule has 1 amide bonds. The minimum absolute atomic E-state index is 0.163. The molecule has 6 heteroatoms. The second kappa shape index (κ2) is 6.97. The van der Waals surface area contributed by atoms with Crippen molar-refractivity contribution in [2.45, 2.75) is 0 Å². The zero-order valence-corrected chi connectivity index (χ0v) is 11.6. The van der Waals surface area contributed by atoms with E-state index in [4.69, 9.17) is 11.6 Å². The molecule has 0 unspecified atom stereocenters. The number of carbonyl (C=O) groups is 1. The number of halogens is 1. The third-order valence-electron chi connectivity index (χ3n) is 2.77. The van der Waals surface area contributed by atoms with Crippen molar-refractivity contribution in [2.75, 3.05) is 37.7 Å². The van der Waals surface area contributed by atoms with E-state index < -0.39 is 0 Å². The highest BCUT2D eigenvalue weighted by atomic mass is 35.5. The zero-order chi connectivity index (χ0) is 12.8. The van der Waals surface area contributed by atoms with E-state index in [9.17, 15) is 4.79 Å². The summed E-state index contributed by atoms with van der Waals surface area (Å²) in [5.74, 6) is 2.21. The molecule has 0 atom stereocenters. The van der Waals surface area contributed by atoms with Gasteiger partial charge >= 0.3 is 0 Å². The highest BCUT2D eigenvalue weighted by molar-refractivity contribution is 7.99. The number of thioether (sulfide) groups is 1. The molecule has 2 rings (SSSR count). The number of amides is 1. The summed E-state index contributed by atoms with van der Waals surface area (Å²) >= 11 is 7.80. The average molecular weight is 286 g/mol. The van der Waals surface area contributed by atoms with Crippen LogP contribution in [0, 0.1) is 0 Å². The van der Waals surface area contributed by atoms with E-state index in [-0.39, 0.29) is 5.91 Å². The van der Waals surface area contributed by atoms with Crippen LogP contribution in [-0.2, 0) is 0 Å². The van der Waals surface area contributed by atoms with Crippen LogP contribution in [0.1, 0.15) is 10.5 Å². The van der Waals surface area contributed by atoms with Crippen molar-refractivity contribution in [3.8, 4) is 0 Å². The molecular weight excluding hydrogens is 270 g/mol. The molecule has 1 fully saturated rings. The number of nitrogens with one attached hydrogen (secondary N) is 1. The van der Waals surface area contributed by atoms with Crippen LogP contribution in [0.15, 0.2) is 18.3 Å². The Bertz CT molecular complexity index is 410. The maximum Gasteiger partial charge on any atom is 0.269 e. The molecule has 1 aromatic rings. The molecule has 4 nitrogen and oxygen atoms in total. The lowest BCUT2D eigenvalue weighted by atomic mass is 10.3. The summed E-state index contributed by atoms with van der Waals surface area (Å²) < 4.78 is 0. The SMILES string of the molecule is O=C(NCCN1CCSCC1)c1cc(Cl)ccn1. The van der Waals surface area contributed by atoms with Crippen LogP contribution in [0.2, 0.25) is 5.02 Å². The lowest BCUT2D eigenvalue weighted by molar-refractivity contribution is 0.0944. The van der Waals surface area contributed by atoms with Crippen molar-refractivity contribution in [1.82, 2.24) is 15.2 Å². The van der Waals surface area contributed by atoms with Crippen LogP contribution < -0.4 is 5.32 Å². The highest BCUT2D eigenvalue weighted by Crippen LogP contribution is 2.09. The Morgan fingerprint density at radius 2 is 2.28 bits per heavy atom. The van der Waals surface area contributed by atoms with Gasteiger partial charge in [-0.2, -0.15) is 11.8 Å². The van der Waals surface area contributed by atoms with Crippen LogP contribution in [0.5, 0.6) is 0 Å². The van der Waals surface area contributed by atoms with Crippen molar-refractivity contribution in [3.63, 3.8) is 0 Å². The van der Waals surface area contributed by atoms with Crippen molar-refractivity contribution in [3.05, 3.63) is 29.0 Å². The average Bonchev–Trinajstić information content (AvgIpc) is 2.40. The molecule has 0 bridgehead atoms. The van der Waals surface area contributed by atoms with Crippen LogP contribution in [0.4, 0.5) is 0 Å². The van der Waals surface area contributed by atoms with Crippen molar-refractivity contribution >= 4 is 29.3 Å². The topological polar surface area (TPSA) is 45.2 Å². The molecule has 1 aliphatic heterocycles. The monoisotopic (exact) mass is 285 g/mol. The number of pyridine rings is 1. The van der Waals surface area contributed by atoms with E-state index >= 15 is 0 Å². The first-order valence-corrected chi connectivity index (χ1v) is 7.49. The lowest BCUT2D eigenvalue weighted by Crippen LogP contribution is -2.39. The van der Waals surface area contributed by atoms with E-state index in [1.165, 1.54) is 11.5 Å². The summed E-state index contributed by atoms with van der Waals surface area (Å²) in [5, 5.41) is 3.40. The number of hydrogen-bond acceptors (Lipinski definition) is 4. The largest absolute Gasteiger partial charge is 0.349 e. The number of carbonyl (C=O) groups excluding carboxylic acids is 1. The smallest absolute Gasteiger partial charge is 0.269 e. The molecule has 0 radical (unpaired) electrons. The van der Waals surface area contributed by atoms with E-state index in [2.05, 4.69) is 15.2 Å². The van der Waals surface area contributed by atoms with E-state index in [1.807, 2.05) is 11.8 Å². The fourth-order valence-electron chi connectivity index (χ4n) is 1.77. The van der Waals surface area contributed by atoms with Crippen LogP contribution in [0.25, 0.3) is 0 Å². The standard InChI is InChI=1S/C12H16ClN3OS/c13-10-1-2-14-11(9-10)12(17)15-3-4-16-5-7-18-8-6-16/h1-2,9H,3-8H2,(H,15,17). The first kappa shape index (κ1) is 13.6. The second-order valence-corrected chi connectivity index (χ2v) is 5.73. The van der Waals surface area contributed by atoms with Gasteiger partial charge in [0.25, 0.3) is 5.91 Å². The predicted octanol–water partition coefficient (Wildman–Crippen LogP) is 1.51. The number of aromatic nitrogens is 1. The van der Waals surface area contributed by atoms with Gasteiger partial charge < -0.3 is 5.32 Å². The van der Waals surface area contributed by atoms with Crippen molar-refractivity contribution in [2.24, 2.45) is 0 Å². The molecule has 98 valence electrons. The fourth-order valence-corrected chi connectivity index (χ4v) is 2.91. The summed E-state index contributed by atoms with van der Waals surface area (Å²) in [6.07, 6.45) is 1.54. The van der Waals surface area contributed by atoms with Gasteiger partial charge in [-0.05, 0) is 12.1 Å². The summed E-state index contributed by atoms with van der Waals surface area (Å²) in [4.78, 5) is 18.1. The maximum absolute atomic E-state index is 11.8. The highest BCUT2D eigenvalue weighted by Gasteiger charge is 2.11. The van der Waals surface area contributed by atoms with E-state index in [0.29, 0.717) is 17.3 Å². The number of hydrogen-bond donors (Lipinski definition) is 1. The van der Waals surface area contributed by atoms with Gasteiger partial charge in [-0.25, -0.2) is 0 Å². The first-order chi connectivity index (χ1) is 8.75. The number of nitrogens with zero attached hydrogens (tertiary/aromatic N) is 2. The summed E-state index contributed by atoms with van der Waals surface area (Å²) in [6.45, 7) is 3.76. The van der Waals surface area contributed by atoms with Gasteiger partial charge in [-0.1, -0.05) is 11.6 Å². The third kappa shape index (κ3) is 4.15. The minimum atomic E-state index is -0.163. The molecule has 0 saturated carbocycles. The molecule has 1 N–H and O–H groups in total. The Labute approximate surface area is 116 Å². The van der Waals surface area contributed by atoms with Crippen LogP contribution in [0.3, 0.4) is 0 Å². The Kier molecular flexibility index (Phi) is 5.28. The van der Waals surface area contributed by atoms with Gasteiger partial charge in [0.05, 0.1) is 0 Å². The van der Waals surface area contributed by atoms with Crippen LogP contribution >= 0.6 is 23.4 Å². The van der Waals surface area contributed by atoms with Crippen molar-refractivity contribution in [1.29, 1.82) is 0 Å². The third-order valence-corrected chi connectivity index (χ3v) is 3.95. The summed E-state index contributed by atoms with van der Waals surface area (Å²) in [6, 6.07) is 3.23. The maximum atomic E-state index is 11.8. The molecule has 1 aliphatic rings. The summed E-state index contributed by atoms with van der Waals surface area (Å²) in [7, 11) is 0. The molecule has 18 heavy (non-hydrogen) atoms.